The fourth-order valence-electron chi connectivity index (χ4n) is 1.53. The molecule has 110 valence electrons. The first-order chi connectivity index (χ1) is 10.1. The zero-order chi connectivity index (χ0) is 15.2. The second-order valence-corrected chi connectivity index (χ2v) is 4.40. The van der Waals surface area contributed by atoms with Crippen LogP contribution in [0.5, 0.6) is 0 Å². The van der Waals surface area contributed by atoms with Crippen molar-refractivity contribution in [3.05, 3.63) is 40.5 Å². The smallest absolute Gasteiger partial charge is 0.277 e. The van der Waals surface area contributed by atoms with Crippen molar-refractivity contribution in [2.24, 2.45) is 0 Å². The summed E-state index contributed by atoms with van der Waals surface area (Å²) in [6, 6.07) is 6.68. The van der Waals surface area contributed by atoms with E-state index in [4.69, 9.17) is 17.3 Å². The van der Waals surface area contributed by atoms with Crippen molar-refractivity contribution in [2.45, 2.75) is 0 Å². The molecule has 1 aromatic carbocycles. The van der Waals surface area contributed by atoms with Crippen molar-refractivity contribution in [1.29, 1.82) is 0 Å². The lowest BCUT2D eigenvalue weighted by atomic mass is 10.2. The van der Waals surface area contributed by atoms with Crippen molar-refractivity contribution in [1.82, 2.24) is 20.9 Å². The minimum absolute atomic E-state index is 0.0902. The number of halogens is 1. The molecule has 0 aliphatic heterocycles. The van der Waals surface area contributed by atoms with Gasteiger partial charge in [-0.3, -0.25) is 9.59 Å². The van der Waals surface area contributed by atoms with Crippen LogP contribution < -0.4 is 16.4 Å². The Bertz CT molecular complexity index is 658. The number of carbonyl (C=O) groups is 2. The Kier molecular flexibility index (Phi) is 4.72. The van der Waals surface area contributed by atoms with Crippen molar-refractivity contribution in [3.63, 3.8) is 0 Å². The molecule has 0 atom stereocenters. The zero-order valence-corrected chi connectivity index (χ0v) is 11.6. The van der Waals surface area contributed by atoms with E-state index in [1.54, 1.807) is 24.3 Å². The molecule has 0 spiro atoms. The number of nitrogens with two attached hydrogens (primary N) is 1. The van der Waals surface area contributed by atoms with Crippen LogP contribution in [0.4, 0.5) is 5.82 Å². The number of rotatable bonds is 5. The van der Waals surface area contributed by atoms with E-state index in [1.165, 1.54) is 0 Å². The van der Waals surface area contributed by atoms with Gasteiger partial charge in [0, 0.05) is 13.1 Å². The zero-order valence-electron chi connectivity index (χ0n) is 10.8. The first-order valence-corrected chi connectivity index (χ1v) is 6.36. The number of aromatic nitrogens is 2. The Hall–Kier alpha value is -2.61. The van der Waals surface area contributed by atoms with Crippen LogP contribution in [0.15, 0.2) is 28.9 Å². The molecule has 1 aromatic heterocycles. The highest BCUT2D eigenvalue weighted by Crippen LogP contribution is 2.14. The summed E-state index contributed by atoms with van der Waals surface area (Å²) >= 11 is 5.90. The minimum Gasteiger partial charge on any atom is -0.379 e. The van der Waals surface area contributed by atoms with Gasteiger partial charge in [-0.25, -0.2) is 4.63 Å². The van der Waals surface area contributed by atoms with Gasteiger partial charge in [0.05, 0.1) is 10.6 Å². The summed E-state index contributed by atoms with van der Waals surface area (Å²) in [5.41, 5.74) is 5.65. The normalized spacial score (nSPS) is 10.1. The molecule has 21 heavy (non-hydrogen) atoms. The third-order valence-corrected chi connectivity index (χ3v) is 2.87. The number of nitrogen functional groups attached to an aromatic ring is 1. The summed E-state index contributed by atoms with van der Waals surface area (Å²) in [7, 11) is 0. The van der Waals surface area contributed by atoms with Gasteiger partial charge in [-0.2, -0.15) is 0 Å². The Morgan fingerprint density at radius 2 is 1.81 bits per heavy atom. The summed E-state index contributed by atoms with van der Waals surface area (Å²) in [6.07, 6.45) is 0. The predicted molar refractivity (Wildman–Crippen MR) is 74.8 cm³/mol. The first kappa shape index (κ1) is 14.8. The van der Waals surface area contributed by atoms with Gasteiger partial charge in [0.15, 0.2) is 0 Å². The van der Waals surface area contributed by atoms with Crippen molar-refractivity contribution in [2.75, 3.05) is 18.8 Å². The molecule has 0 saturated heterocycles. The molecule has 0 fully saturated rings. The lowest BCUT2D eigenvalue weighted by Crippen LogP contribution is -2.35. The fraction of sp³-hybridized carbons (Fsp3) is 0.167. The maximum atomic E-state index is 11.8. The van der Waals surface area contributed by atoms with Crippen molar-refractivity contribution >= 4 is 29.2 Å². The Balaban J connectivity index is 1.78. The molecular formula is C12H12ClN5O3. The highest BCUT2D eigenvalue weighted by molar-refractivity contribution is 6.33. The molecule has 0 unspecified atom stereocenters. The third kappa shape index (κ3) is 3.69. The molecule has 2 rings (SSSR count). The number of amides is 2. The van der Waals surface area contributed by atoms with E-state index in [0.717, 1.165) is 0 Å². The Morgan fingerprint density at radius 1 is 1.14 bits per heavy atom. The molecule has 8 nitrogen and oxygen atoms in total. The highest BCUT2D eigenvalue weighted by atomic mass is 35.5. The first-order valence-electron chi connectivity index (χ1n) is 5.98. The highest BCUT2D eigenvalue weighted by Gasteiger charge is 2.15. The maximum absolute atomic E-state index is 11.8. The van der Waals surface area contributed by atoms with E-state index in [-0.39, 0.29) is 30.5 Å². The number of nitrogens with one attached hydrogen (secondary N) is 2. The standard InChI is InChI=1S/C12H12ClN5O3/c13-8-4-2-1-3-7(8)11(19)15-5-6-16-12(20)9-10(14)18-21-17-9/h1-4H,5-6H2,(H2,14,18)(H,15,19)(H,16,20). The van der Waals surface area contributed by atoms with Gasteiger partial charge in [0.25, 0.3) is 11.8 Å². The van der Waals surface area contributed by atoms with Crippen molar-refractivity contribution < 1.29 is 14.2 Å². The number of hydrogen-bond donors (Lipinski definition) is 3. The van der Waals surface area contributed by atoms with Crippen LogP contribution in [0.3, 0.4) is 0 Å². The van der Waals surface area contributed by atoms with Gasteiger partial charge >= 0.3 is 0 Å². The maximum Gasteiger partial charge on any atom is 0.277 e. The molecule has 2 aromatic rings. The van der Waals surface area contributed by atoms with Crippen molar-refractivity contribution in [3.8, 4) is 0 Å². The van der Waals surface area contributed by atoms with Crippen LogP contribution in [0.25, 0.3) is 0 Å². The average Bonchev–Trinajstić information content (AvgIpc) is 2.90. The molecule has 0 aliphatic carbocycles. The summed E-state index contributed by atoms with van der Waals surface area (Å²) in [5, 5.41) is 12.2. The third-order valence-electron chi connectivity index (χ3n) is 2.54. The van der Waals surface area contributed by atoms with E-state index >= 15 is 0 Å². The number of benzene rings is 1. The SMILES string of the molecule is Nc1nonc1C(=O)NCCNC(=O)c1ccccc1Cl. The number of anilines is 1. The Morgan fingerprint density at radius 3 is 2.43 bits per heavy atom. The molecule has 0 aliphatic rings. The fourth-order valence-corrected chi connectivity index (χ4v) is 1.75. The molecule has 4 N–H and O–H groups in total. The quantitative estimate of drug-likeness (QED) is 0.690. The van der Waals surface area contributed by atoms with Crippen LogP contribution in [0, 0.1) is 0 Å². The van der Waals surface area contributed by atoms with Crippen LogP contribution in [0.2, 0.25) is 5.02 Å². The second-order valence-electron chi connectivity index (χ2n) is 3.99. The van der Waals surface area contributed by atoms with Crippen LogP contribution in [0.1, 0.15) is 20.8 Å². The Labute approximate surface area is 124 Å². The number of carbonyl (C=O) groups excluding carboxylic acids is 2. The monoisotopic (exact) mass is 309 g/mol. The van der Waals surface area contributed by atoms with Crippen LogP contribution in [-0.4, -0.2) is 35.2 Å². The molecular weight excluding hydrogens is 298 g/mol. The van der Waals surface area contributed by atoms with E-state index in [1.807, 2.05) is 0 Å². The summed E-state index contributed by atoms with van der Waals surface area (Å²) in [4.78, 5) is 23.4. The predicted octanol–water partition coefficient (Wildman–Crippen LogP) is 0.465. The average molecular weight is 310 g/mol. The molecule has 9 heteroatoms. The summed E-state index contributed by atoms with van der Waals surface area (Å²) in [6.45, 7) is 0.419. The van der Waals surface area contributed by atoms with Gasteiger partial charge in [0.2, 0.25) is 11.5 Å². The van der Waals surface area contributed by atoms with Gasteiger partial charge in [-0.05, 0) is 22.4 Å². The van der Waals surface area contributed by atoms with Crippen LogP contribution in [-0.2, 0) is 0 Å². The minimum atomic E-state index is -0.527. The molecule has 2 amide bonds. The van der Waals surface area contributed by atoms with Gasteiger partial charge in [-0.1, -0.05) is 23.7 Å². The van der Waals surface area contributed by atoms with E-state index in [2.05, 4.69) is 25.6 Å². The summed E-state index contributed by atoms with van der Waals surface area (Å²) in [5.74, 6) is -0.939. The number of nitrogens with zero attached hydrogens (tertiary/aromatic N) is 2. The second kappa shape index (κ2) is 6.71. The molecule has 0 saturated carbocycles. The molecule has 0 bridgehead atoms. The molecule has 1 heterocycles. The topological polar surface area (TPSA) is 123 Å². The van der Waals surface area contributed by atoms with Gasteiger partial charge in [-0.15, -0.1) is 0 Å². The van der Waals surface area contributed by atoms with E-state index in [9.17, 15) is 9.59 Å². The van der Waals surface area contributed by atoms with Gasteiger partial charge < -0.3 is 16.4 Å². The largest absolute Gasteiger partial charge is 0.379 e. The lowest BCUT2D eigenvalue weighted by molar-refractivity contribution is 0.0922. The summed E-state index contributed by atoms with van der Waals surface area (Å²) < 4.78 is 4.31. The van der Waals surface area contributed by atoms with Crippen LogP contribution >= 0.6 is 11.6 Å². The lowest BCUT2D eigenvalue weighted by Gasteiger charge is -2.07. The van der Waals surface area contributed by atoms with E-state index in [0.29, 0.717) is 10.6 Å². The number of hydrogen-bond acceptors (Lipinski definition) is 6. The molecule has 0 radical (unpaired) electrons. The van der Waals surface area contributed by atoms with E-state index < -0.39 is 5.91 Å². The van der Waals surface area contributed by atoms with Gasteiger partial charge in [0.1, 0.15) is 0 Å².